The lowest BCUT2D eigenvalue weighted by atomic mass is 10.4. The van der Waals surface area contributed by atoms with E-state index in [0.29, 0.717) is 16.8 Å². The molecule has 0 saturated heterocycles. The highest BCUT2D eigenvalue weighted by Crippen LogP contribution is 2.17. The van der Waals surface area contributed by atoms with E-state index < -0.39 is 0 Å². The first-order valence-electron chi connectivity index (χ1n) is 5.61. The van der Waals surface area contributed by atoms with Crippen LogP contribution < -0.4 is 16.0 Å². The first-order valence-corrected chi connectivity index (χ1v) is 6.84. The van der Waals surface area contributed by atoms with Crippen molar-refractivity contribution in [1.82, 2.24) is 15.3 Å². The Bertz CT molecular complexity index is 424. The monoisotopic (exact) mass is 269 g/mol. The van der Waals surface area contributed by atoms with E-state index >= 15 is 0 Å². The second-order valence-corrected chi connectivity index (χ2v) is 4.99. The number of hydrogen-bond donors (Lipinski definition) is 2. The van der Waals surface area contributed by atoms with Gasteiger partial charge in [-0.3, -0.25) is 4.79 Å². The molecule has 1 aromatic heterocycles. The Hall–Kier alpha value is -1.50. The molecule has 0 atom stereocenters. The fraction of sp³-hybridized carbons (Fsp3) is 0.545. The summed E-state index contributed by atoms with van der Waals surface area (Å²) >= 11 is 1.41. The molecule has 6 nitrogen and oxygen atoms in total. The Morgan fingerprint density at radius 2 is 2.22 bits per heavy atom. The number of aromatic nitrogens is 2. The Balaban J connectivity index is 2.74. The van der Waals surface area contributed by atoms with E-state index in [1.807, 2.05) is 20.1 Å². The molecule has 0 spiro atoms. The molecule has 0 bridgehead atoms. The zero-order valence-corrected chi connectivity index (χ0v) is 11.9. The largest absolute Gasteiger partial charge is 0.383 e. The molecule has 0 aliphatic heterocycles. The zero-order valence-electron chi connectivity index (χ0n) is 11.1. The van der Waals surface area contributed by atoms with Gasteiger partial charge in [-0.15, -0.1) is 0 Å². The van der Waals surface area contributed by atoms with Crippen LogP contribution in [-0.4, -0.2) is 41.8 Å². The normalized spacial score (nSPS) is 10.5. The predicted molar refractivity (Wildman–Crippen MR) is 74.8 cm³/mol. The molecule has 3 N–H and O–H groups in total. The Morgan fingerprint density at radius 1 is 1.56 bits per heavy atom. The van der Waals surface area contributed by atoms with Crippen molar-refractivity contribution in [3.05, 3.63) is 6.07 Å². The third kappa shape index (κ3) is 4.40. The molecule has 7 heteroatoms. The van der Waals surface area contributed by atoms with E-state index in [1.54, 1.807) is 18.0 Å². The molecule has 18 heavy (non-hydrogen) atoms. The van der Waals surface area contributed by atoms with Crippen LogP contribution in [0.5, 0.6) is 0 Å². The highest BCUT2D eigenvalue weighted by Gasteiger charge is 2.11. The van der Waals surface area contributed by atoms with Crippen LogP contribution in [0.3, 0.4) is 0 Å². The number of amides is 1. The maximum absolute atomic E-state index is 11.6. The molecule has 1 aromatic rings. The molecular formula is C11H19N5OS. The molecular weight excluding hydrogens is 250 g/mol. The molecule has 1 rings (SSSR count). The predicted octanol–water partition coefficient (Wildman–Crippen LogP) is 0.741. The van der Waals surface area contributed by atoms with Gasteiger partial charge >= 0.3 is 0 Å². The number of anilines is 2. The van der Waals surface area contributed by atoms with Crippen LogP contribution in [-0.2, 0) is 4.79 Å². The van der Waals surface area contributed by atoms with E-state index in [-0.39, 0.29) is 18.5 Å². The van der Waals surface area contributed by atoms with Crippen LogP contribution in [0.1, 0.15) is 13.8 Å². The van der Waals surface area contributed by atoms with Crippen LogP contribution in [0.15, 0.2) is 11.2 Å². The molecule has 0 fully saturated rings. The summed E-state index contributed by atoms with van der Waals surface area (Å²) in [6.45, 7) is 4.08. The van der Waals surface area contributed by atoms with E-state index in [2.05, 4.69) is 15.3 Å². The summed E-state index contributed by atoms with van der Waals surface area (Å²) in [4.78, 5) is 21.8. The van der Waals surface area contributed by atoms with Crippen LogP contribution in [0, 0.1) is 0 Å². The lowest BCUT2D eigenvalue weighted by Gasteiger charge is -2.19. The molecule has 0 saturated carbocycles. The minimum Gasteiger partial charge on any atom is -0.383 e. The summed E-state index contributed by atoms with van der Waals surface area (Å²) in [5.41, 5.74) is 5.69. The molecule has 0 aliphatic carbocycles. The fourth-order valence-corrected chi connectivity index (χ4v) is 1.76. The smallest absolute Gasteiger partial charge is 0.239 e. The Kier molecular flexibility index (Phi) is 5.21. The van der Waals surface area contributed by atoms with Gasteiger partial charge in [0, 0.05) is 19.2 Å². The highest BCUT2D eigenvalue weighted by atomic mass is 32.2. The van der Waals surface area contributed by atoms with Crippen molar-refractivity contribution in [2.45, 2.75) is 25.0 Å². The fourth-order valence-electron chi connectivity index (χ4n) is 1.38. The van der Waals surface area contributed by atoms with Crippen molar-refractivity contribution < 1.29 is 4.79 Å². The van der Waals surface area contributed by atoms with Crippen LogP contribution in [0.25, 0.3) is 0 Å². The van der Waals surface area contributed by atoms with Gasteiger partial charge in [0.15, 0.2) is 5.16 Å². The summed E-state index contributed by atoms with van der Waals surface area (Å²) in [6, 6.07) is 1.78. The third-order valence-corrected chi connectivity index (χ3v) is 2.66. The SMILES string of the molecule is CSc1nc(N)cc(N(C)CC(=O)NC(C)C)n1. The maximum Gasteiger partial charge on any atom is 0.239 e. The van der Waals surface area contributed by atoms with Crippen LogP contribution in [0.2, 0.25) is 0 Å². The summed E-state index contributed by atoms with van der Waals surface area (Å²) in [6.07, 6.45) is 1.88. The van der Waals surface area contributed by atoms with Gasteiger partial charge < -0.3 is 16.0 Å². The van der Waals surface area contributed by atoms with Crippen molar-refractivity contribution in [2.24, 2.45) is 0 Å². The summed E-state index contributed by atoms with van der Waals surface area (Å²) in [7, 11) is 1.80. The second-order valence-electron chi connectivity index (χ2n) is 4.22. The van der Waals surface area contributed by atoms with Gasteiger partial charge in [0.05, 0.1) is 6.54 Å². The van der Waals surface area contributed by atoms with Crippen LogP contribution >= 0.6 is 11.8 Å². The lowest BCUT2D eigenvalue weighted by Crippen LogP contribution is -2.38. The number of nitrogen functional groups attached to an aromatic ring is 1. The van der Waals surface area contributed by atoms with E-state index in [9.17, 15) is 4.79 Å². The topological polar surface area (TPSA) is 84.1 Å². The van der Waals surface area contributed by atoms with Crippen molar-refractivity contribution in [3.63, 3.8) is 0 Å². The first kappa shape index (κ1) is 14.6. The molecule has 0 aromatic carbocycles. The molecule has 1 heterocycles. The molecule has 0 aliphatic rings. The van der Waals surface area contributed by atoms with E-state index in [1.165, 1.54) is 11.8 Å². The van der Waals surface area contributed by atoms with Gasteiger partial charge in [0.2, 0.25) is 5.91 Å². The molecule has 1 amide bonds. The van der Waals surface area contributed by atoms with Gasteiger partial charge in [-0.05, 0) is 20.1 Å². The number of hydrogen-bond acceptors (Lipinski definition) is 6. The van der Waals surface area contributed by atoms with E-state index in [0.717, 1.165) is 0 Å². The summed E-state index contributed by atoms with van der Waals surface area (Å²) < 4.78 is 0. The van der Waals surface area contributed by atoms with E-state index in [4.69, 9.17) is 5.73 Å². The number of nitrogens with one attached hydrogen (secondary N) is 1. The highest BCUT2D eigenvalue weighted by molar-refractivity contribution is 7.98. The number of carbonyl (C=O) groups excluding carboxylic acids is 1. The Labute approximate surface area is 111 Å². The maximum atomic E-state index is 11.6. The Morgan fingerprint density at radius 3 is 2.78 bits per heavy atom. The van der Waals surface area contributed by atoms with Gasteiger partial charge in [-0.25, -0.2) is 9.97 Å². The second kappa shape index (κ2) is 6.44. The average Bonchev–Trinajstić information content (AvgIpc) is 2.26. The number of rotatable bonds is 5. The first-order chi connectivity index (χ1) is 8.42. The van der Waals surface area contributed by atoms with Crippen LogP contribution in [0.4, 0.5) is 11.6 Å². The van der Waals surface area contributed by atoms with Crippen molar-refractivity contribution in [1.29, 1.82) is 0 Å². The number of nitrogens with zero attached hydrogens (tertiary/aromatic N) is 3. The average molecular weight is 269 g/mol. The van der Waals surface area contributed by atoms with Gasteiger partial charge in [-0.1, -0.05) is 11.8 Å². The quantitative estimate of drug-likeness (QED) is 0.606. The van der Waals surface area contributed by atoms with Gasteiger partial charge in [0.25, 0.3) is 0 Å². The van der Waals surface area contributed by atoms with Crippen molar-refractivity contribution in [3.8, 4) is 0 Å². The van der Waals surface area contributed by atoms with Crippen molar-refractivity contribution in [2.75, 3.05) is 30.5 Å². The molecule has 0 unspecified atom stereocenters. The minimum absolute atomic E-state index is 0.0459. The minimum atomic E-state index is -0.0459. The number of carbonyl (C=O) groups is 1. The summed E-state index contributed by atoms with van der Waals surface area (Å²) in [5, 5.41) is 3.42. The van der Waals surface area contributed by atoms with Gasteiger partial charge in [-0.2, -0.15) is 0 Å². The third-order valence-electron chi connectivity index (χ3n) is 2.12. The van der Waals surface area contributed by atoms with Crippen molar-refractivity contribution >= 4 is 29.3 Å². The van der Waals surface area contributed by atoms with Gasteiger partial charge in [0.1, 0.15) is 11.6 Å². The number of thioether (sulfide) groups is 1. The molecule has 0 radical (unpaired) electrons. The summed E-state index contributed by atoms with van der Waals surface area (Å²) in [5.74, 6) is 1.00. The standard InChI is InChI=1S/C11H19N5OS/c1-7(2)13-10(17)6-16(3)9-5-8(12)14-11(15-9)18-4/h5,7H,6H2,1-4H3,(H,13,17)(H2,12,14,15). The number of nitrogens with two attached hydrogens (primary N) is 1. The lowest BCUT2D eigenvalue weighted by molar-refractivity contribution is -0.120. The molecule has 100 valence electrons. The number of likely N-dealkylation sites (N-methyl/N-ethyl adjacent to an activating group) is 1. The zero-order chi connectivity index (χ0) is 13.7.